The Balaban J connectivity index is 1.66. The predicted octanol–water partition coefficient (Wildman–Crippen LogP) is 1.46. The van der Waals surface area contributed by atoms with Crippen LogP contribution in [0.4, 0.5) is 0 Å². The van der Waals surface area contributed by atoms with Crippen molar-refractivity contribution in [1.29, 1.82) is 0 Å². The van der Waals surface area contributed by atoms with Crippen molar-refractivity contribution in [1.82, 2.24) is 4.90 Å². The third-order valence-electron chi connectivity index (χ3n) is 3.52. The van der Waals surface area contributed by atoms with Gasteiger partial charge in [0.15, 0.2) is 18.9 Å². The third-order valence-corrected chi connectivity index (χ3v) is 3.52. The average Bonchev–Trinajstić information content (AvgIpc) is 2.46. The van der Waals surface area contributed by atoms with Crippen molar-refractivity contribution in [2.45, 2.75) is 6.54 Å². The summed E-state index contributed by atoms with van der Waals surface area (Å²) in [4.78, 5) is 2.46. The Morgan fingerprint density at radius 1 is 1.06 bits per heavy atom. The fourth-order valence-corrected chi connectivity index (χ4v) is 2.40. The summed E-state index contributed by atoms with van der Waals surface area (Å²) in [6.07, 6.45) is 4.40. The van der Waals surface area contributed by atoms with Crippen LogP contribution in [-0.2, 0) is 11.3 Å². The lowest BCUT2D eigenvalue weighted by atomic mass is 10.2. The summed E-state index contributed by atoms with van der Waals surface area (Å²) in [5.41, 5.74) is 0. The lowest BCUT2D eigenvalue weighted by Gasteiger charge is -2.25. The molecule has 0 N–H and O–H groups in total. The van der Waals surface area contributed by atoms with Gasteiger partial charge in [-0.2, -0.15) is 0 Å². The highest BCUT2D eigenvalue weighted by Gasteiger charge is 2.12. The second kappa shape index (κ2) is 5.46. The maximum Gasteiger partial charge on any atom is 0.176 e. The molecule has 0 atom stereocenters. The summed E-state index contributed by atoms with van der Waals surface area (Å²) in [7, 11) is 0. The summed E-state index contributed by atoms with van der Waals surface area (Å²) in [5.74, 6) is 0. The van der Waals surface area contributed by atoms with E-state index in [0.29, 0.717) is 0 Å². The molecule has 1 aromatic carbocycles. The zero-order chi connectivity index (χ0) is 12.2. The van der Waals surface area contributed by atoms with Crippen LogP contribution in [0, 0.1) is 0 Å². The molecule has 0 saturated carbocycles. The zero-order valence-corrected chi connectivity index (χ0v) is 10.6. The van der Waals surface area contributed by atoms with E-state index in [1.54, 1.807) is 0 Å². The Kier molecular flexibility index (Phi) is 3.53. The Bertz CT molecular complexity index is 521. The maximum absolute atomic E-state index is 5.36. The van der Waals surface area contributed by atoms with Gasteiger partial charge in [-0.1, -0.05) is 18.2 Å². The summed E-state index contributed by atoms with van der Waals surface area (Å²) in [6, 6.07) is 10.7. The number of aromatic nitrogens is 1. The first-order valence-electron chi connectivity index (χ1n) is 6.60. The van der Waals surface area contributed by atoms with Gasteiger partial charge in [-0.3, -0.25) is 4.90 Å². The predicted molar refractivity (Wildman–Crippen MR) is 71.4 cm³/mol. The van der Waals surface area contributed by atoms with E-state index >= 15 is 0 Å². The minimum Gasteiger partial charge on any atom is -0.379 e. The molecule has 1 fully saturated rings. The van der Waals surface area contributed by atoms with Crippen molar-refractivity contribution in [3.8, 4) is 0 Å². The molecule has 18 heavy (non-hydrogen) atoms. The van der Waals surface area contributed by atoms with Crippen LogP contribution in [0.3, 0.4) is 0 Å². The molecule has 3 nitrogen and oxygen atoms in total. The van der Waals surface area contributed by atoms with E-state index in [1.165, 1.54) is 10.8 Å². The van der Waals surface area contributed by atoms with E-state index < -0.39 is 0 Å². The number of benzene rings is 1. The normalized spacial score (nSPS) is 17.1. The molecule has 1 saturated heterocycles. The second-order valence-corrected chi connectivity index (χ2v) is 4.77. The molecule has 0 aliphatic carbocycles. The largest absolute Gasteiger partial charge is 0.379 e. The van der Waals surface area contributed by atoms with E-state index in [2.05, 4.69) is 52.2 Å². The molecule has 0 radical (unpaired) electrons. The molecular weight excluding hydrogens is 224 g/mol. The van der Waals surface area contributed by atoms with Crippen LogP contribution in [0.25, 0.3) is 10.8 Å². The van der Waals surface area contributed by atoms with Crippen molar-refractivity contribution >= 4 is 10.8 Å². The van der Waals surface area contributed by atoms with Gasteiger partial charge in [0.05, 0.1) is 19.8 Å². The number of fused-ring (bicyclic) bond motifs is 1. The van der Waals surface area contributed by atoms with Crippen LogP contribution in [0.1, 0.15) is 0 Å². The van der Waals surface area contributed by atoms with E-state index in [4.69, 9.17) is 4.74 Å². The highest BCUT2D eigenvalue weighted by Crippen LogP contribution is 2.09. The SMILES string of the molecule is c1ccc2c[n+](CCN3CCOCC3)ccc2c1. The summed E-state index contributed by atoms with van der Waals surface area (Å²) in [6.45, 7) is 6.03. The number of hydrogen-bond acceptors (Lipinski definition) is 2. The number of pyridine rings is 1. The molecule has 0 amide bonds. The summed E-state index contributed by atoms with van der Waals surface area (Å²) >= 11 is 0. The lowest BCUT2D eigenvalue weighted by molar-refractivity contribution is -0.695. The number of rotatable bonds is 3. The number of morpholine rings is 1. The highest BCUT2D eigenvalue weighted by atomic mass is 16.5. The van der Waals surface area contributed by atoms with E-state index in [9.17, 15) is 0 Å². The minimum atomic E-state index is 0.877. The van der Waals surface area contributed by atoms with Crippen LogP contribution in [0.2, 0.25) is 0 Å². The van der Waals surface area contributed by atoms with Crippen LogP contribution >= 0.6 is 0 Å². The van der Waals surface area contributed by atoms with Crippen LogP contribution in [-0.4, -0.2) is 37.7 Å². The lowest BCUT2D eigenvalue weighted by Crippen LogP contribution is -2.44. The number of nitrogens with zero attached hydrogens (tertiary/aromatic N) is 2. The first-order valence-corrected chi connectivity index (χ1v) is 6.60. The van der Waals surface area contributed by atoms with Crippen LogP contribution in [0.15, 0.2) is 42.7 Å². The van der Waals surface area contributed by atoms with Gasteiger partial charge in [-0.25, -0.2) is 4.57 Å². The van der Waals surface area contributed by atoms with Gasteiger partial charge < -0.3 is 4.74 Å². The molecule has 2 heterocycles. The Hall–Kier alpha value is -1.45. The molecule has 0 spiro atoms. The smallest absolute Gasteiger partial charge is 0.176 e. The fourth-order valence-electron chi connectivity index (χ4n) is 2.40. The summed E-state index contributed by atoms with van der Waals surface area (Å²) < 4.78 is 7.64. The highest BCUT2D eigenvalue weighted by molar-refractivity contribution is 5.80. The minimum absolute atomic E-state index is 0.877. The van der Waals surface area contributed by atoms with Gasteiger partial charge in [-0.05, 0) is 11.5 Å². The standard InChI is InChI=1S/C15H19N2O/c1-2-4-15-13-17(6-5-14(15)3-1)8-7-16-9-11-18-12-10-16/h1-6,13H,7-12H2/q+1. The molecule has 1 aliphatic rings. The monoisotopic (exact) mass is 243 g/mol. The fraction of sp³-hybridized carbons (Fsp3) is 0.400. The van der Waals surface area contributed by atoms with Crippen LogP contribution in [0.5, 0.6) is 0 Å². The van der Waals surface area contributed by atoms with Crippen molar-refractivity contribution in [2.75, 3.05) is 32.8 Å². The molecule has 94 valence electrons. The number of hydrogen-bond donors (Lipinski definition) is 0. The quantitative estimate of drug-likeness (QED) is 0.759. The van der Waals surface area contributed by atoms with Crippen molar-refractivity contribution in [3.05, 3.63) is 42.7 Å². The number of ether oxygens (including phenoxy) is 1. The van der Waals surface area contributed by atoms with Crippen molar-refractivity contribution < 1.29 is 9.30 Å². The van der Waals surface area contributed by atoms with Gasteiger partial charge in [0.1, 0.15) is 0 Å². The van der Waals surface area contributed by atoms with Gasteiger partial charge in [-0.15, -0.1) is 0 Å². The van der Waals surface area contributed by atoms with Gasteiger partial charge in [0.25, 0.3) is 0 Å². The summed E-state index contributed by atoms with van der Waals surface area (Å²) in [5, 5.41) is 2.61. The van der Waals surface area contributed by atoms with Gasteiger partial charge in [0, 0.05) is 24.5 Å². The molecule has 3 heteroatoms. The first kappa shape index (κ1) is 11.6. The molecule has 1 aromatic heterocycles. The Labute approximate surface area is 108 Å². The van der Waals surface area contributed by atoms with Crippen molar-refractivity contribution in [2.24, 2.45) is 0 Å². The Morgan fingerprint density at radius 2 is 1.83 bits per heavy atom. The maximum atomic E-state index is 5.36. The molecule has 0 bridgehead atoms. The topological polar surface area (TPSA) is 16.4 Å². The van der Waals surface area contributed by atoms with E-state index in [0.717, 1.165) is 39.4 Å². The molecule has 2 aromatic rings. The van der Waals surface area contributed by atoms with E-state index in [1.807, 2.05) is 0 Å². The molecular formula is C15H19N2O+. The first-order chi connectivity index (χ1) is 8.92. The van der Waals surface area contributed by atoms with Crippen LogP contribution < -0.4 is 4.57 Å². The van der Waals surface area contributed by atoms with Crippen molar-refractivity contribution in [3.63, 3.8) is 0 Å². The van der Waals surface area contributed by atoms with E-state index in [-0.39, 0.29) is 0 Å². The molecule has 3 rings (SSSR count). The third kappa shape index (κ3) is 2.68. The van der Waals surface area contributed by atoms with Gasteiger partial charge >= 0.3 is 0 Å². The average molecular weight is 243 g/mol. The zero-order valence-electron chi connectivity index (χ0n) is 10.6. The second-order valence-electron chi connectivity index (χ2n) is 4.77. The Morgan fingerprint density at radius 3 is 2.67 bits per heavy atom. The van der Waals surface area contributed by atoms with Gasteiger partial charge in [0.2, 0.25) is 0 Å². The molecule has 1 aliphatic heterocycles. The molecule has 0 unspecified atom stereocenters.